The van der Waals surface area contributed by atoms with Crippen LogP contribution in [0.1, 0.15) is 0 Å². The fourth-order valence-electron chi connectivity index (χ4n) is 1.51. The Kier molecular flexibility index (Phi) is 11.1. The molecule has 5 heteroatoms. The molecule has 14 heavy (non-hydrogen) atoms. The molecule has 0 aromatic carbocycles. The van der Waals surface area contributed by atoms with E-state index in [2.05, 4.69) is 64.4 Å². The number of allylic oxidation sites excluding steroid dienone is 4. The van der Waals surface area contributed by atoms with E-state index in [1.54, 1.807) is 0 Å². The largest absolute Gasteiger partial charge is 1.00 e. The number of hydrogen-bond donors (Lipinski definition) is 0. The third kappa shape index (κ3) is 7.56. The van der Waals surface area contributed by atoms with Crippen LogP contribution in [-0.4, -0.2) is 8.07 Å². The summed E-state index contributed by atoms with van der Waals surface area (Å²) in [5.74, 6) is 0. The van der Waals surface area contributed by atoms with Crippen molar-refractivity contribution in [1.82, 2.24) is 0 Å². The van der Waals surface area contributed by atoms with E-state index in [-0.39, 0.29) is 37.2 Å². The minimum absolute atomic E-state index is 0. The van der Waals surface area contributed by atoms with Crippen LogP contribution in [0.15, 0.2) is 24.3 Å². The van der Waals surface area contributed by atoms with Crippen molar-refractivity contribution in [2.24, 2.45) is 0 Å². The second-order valence-corrected chi connectivity index (χ2v) is 11.4. The maximum Gasteiger partial charge on any atom is -1.00 e. The Balaban J connectivity index is -0.000000403. The second kappa shape index (κ2) is 7.54. The van der Waals surface area contributed by atoms with Gasteiger partial charge in [0.1, 0.15) is 0 Å². The normalized spacial score (nSPS) is 16.6. The van der Waals surface area contributed by atoms with E-state index in [0.29, 0.717) is 3.72 Å². The number of halogens is 3. The monoisotopic (exact) mass is 304 g/mol. The van der Waals surface area contributed by atoms with Crippen LogP contribution in [0.3, 0.4) is 0 Å². The van der Waals surface area contributed by atoms with Crippen LogP contribution in [0.4, 0.5) is 0 Å². The zero-order chi connectivity index (χ0) is 8.54. The van der Waals surface area contributed by atoms with Crippen LogP contribution in [0, 0.1) is 0 Å². The predicted octanol–water partition coefficient (Wildman–Crippen LogP) is -5.83. The molecule has 80 valence electrons. The first-order chi connectivity index (χ1) is 4.91. The Morgan fingerprint density at radius 2 is 1.36 bits per heavy atom. The molecule has 0 bridgehead atoms. The summed E-state index contributed by atoms with van der Waals surface area (Å²) in [4.78, 5) is 0. The summed E-state index contributed by atoms with van der Waals surface area (Å²) in [7, 11) is -0.897. The molecule has 0 amide bonds. The second-order valence-electron chi connectivity index (χ2n) is 4.50. The molecule has 0 radical (unpaired) electrons. The van der Waals surface area contributed by atoms with Gasteiger partial charge >= 0.3 is 82.2 Å². The van der Waals surface area contributed by atoms with E-state index in [1.807, 2.05) is 0 Å². The van der Waals surface area contributed by atoms with Gasteiger partial charge in [-0.1, -0.05) is 0 Å². The summed E-state index contributed by atoms with van der Waals surface area (Å²) < 4.78 is 0.379. The molecule has 0 nitrogen and oxygen atoms in total. The molecule has 0 atom stereocenters. The molecule has 0 unspecified atom stereocenters. The van der Waals surface area contributed by atoms with Gasteiger partial charge in [0.05, 0.1) is 0 Å². The van der Waals surface area contributed by atoms with Gasteiger partial charge in [-0.05, 0) is 0 Å². The summed E-state index contributed by atoms with van der Waals surface area (Å²) in [6.45, 7) is 7.29. The molecular weight excluding hydrogens is 290 g/mol. The van der Waals surface area contributed by atoms with Crippen molar-refractivity contribution in [3.63, 3.8) is 0 Å². The van der Waals surface area contributed by atoms with E-state index in [1.165, 1.54) is 6.04 Å². The zero-order valence-electron chi connectivity index (χ0n) is 8.65. The summed E-state index contributed by atoms with van der Waals surface area (Å²) in [5.41, 5.74) is 0. The Morgan fingerprint density at radius 3 is 1.64 bits per heavy atom. The minimum Gasteiger partial charge on any atom is -1.00 e. The van der Waals surface area contributed by atoms with Gasteiger partial charge in [0.2, 0.25) is 0 Å². The fraction of sp³-hybridized carbons (Fsp3) is 0.556. The summed E-state index contributed by atoms with van der Waals surface area (Å²) >= 11 is 2.32. The van der Waals surface area contributed by atoms with Crippen molar-refractivity contribution in [3.8, 4) is 0 Å². The van der Waals surface area contributed by atoms with Crippen molar-refractivity contribution in [2.45, 2.75) is 29.4 Å². The summed E-state index contributed by atoms with van der Waals surface area (Å²) in [6, 6.07) is 1.37. The third-order valence-electron chi connectivity index (χ3n) is 1.72. The number of rotatable bonds is 2. The van der Waals surface area contributed by atoms with Gasteiger partial charge < -0.3 is 37.2 Å². The average Bonchev–Trinajstić information content (AvgIpc) is 2.09. The van der Waals surface area contributed by atoms with Gasteiger partial charge in [0.25, 0.3) is 0 Å². The van der Waals surface area contributed by atoms with Crippen LogP contribution < -0.4 is 37.2 Å². The van der Waals surface area contributed by atoms with Gasteiger partial charge in [0, 0.05) is 0 Å². The van der Waals surface area contributed by atoms with E-state index >= 15 is 0 Å². The van der Waals surface area contributed by atoms with Crippen molar-refractivity contribution in [3.05, 3.63) is 24.3 Å². The maximum atomic E-state index is 2.43. The number of hydrogen-bond acceptors (Lipinski definition) is 0. The van der Waals surface area contributed by atoms with E-state index in [9.17, 15) is 0 Å². The van der Waals surface area contributed by atoms with Gasteiger partial charge in [0.15, 0.2) is 0 Å². The van der Waals surface area contributed by atoms with E-state index < -0.39 is 8.07 Å². The first-order valence-electron chi connectivity index (χ1n) is 4.03. The molecule has 0 heterocycles. The van der Waals surface area contributed by atoms with E-state index in [0.717, 1.165) is 0 Å². The third-order valence-corrected chi connectivity index (χ3v) is 4.72. The molecule has 0 aliphatic heterocycles. The van der Waals surface area contributed by atoms with Crippen LogP contribution >= 0.6 is 0 Å². The molecule has 0 N–H and O–H groups in total. The first kappa shape index (κ1) is 20.7. The Bertz CT molecular complexity index is 197. The molecule has 0 saturated heterocycles. The molecule has 0 spiro atoms. The summed E-state index contributed by atoms with van der Waals surface area (Å²) in [5, 5.41) is 0. The molecule has 0 aromatic heterocycles. The predicted molar refractivity (Wildman–Crippen MR) is 49.1 cm³/mol. The van der Waals surface area contributed by atoms with Crippen molar-refractivity contribution in [1.29, 1.82) is 0 Å². The SMILES string of the molecule is C[Si](C)(C)C[C]1([Ti+3])C=CC=C1.[Cl-].[Cl-].[Cl-]. The topological polar surface area (TPSA) is 0 Å². The Morgan fingerprint density at radius 1 is 1.00 bits per heavy atom. The van der Waals surface area contributed by atoms with Gasteiger partial charge in [-0.25, -0.2) is 0 Å². The first-order valence-corrected chi connectivity index (χ1v) is 8.52. The van der Waals surface area contributed by atoms with Crippen molar-refractivity contribution in [2.75, 3.05) is 0 Å². The van der Waals surface area contributed by atoms with Crippen molar-refractivity contribution >= 4 is 8.07 Å². The van der Waals surface area contributed by atoms with Crippen molar-refractivity contribution < 1.29 is 57.7 Å². The van der Waals surface area contributed by atoms with Crippen LogP contribution in [0.5, 0.6) is 0 Å². The van der Waals surface area contributed by atoms with Crippen LogP contribution in [0.25, 0.3) is 0 Å². The summed E-state index contributed by atoms with van der Waals surface area (Å²) in [6.07, 6.45) is 8.98. The van der Waals surface area contributed by atoms with Gasteiger partial charge in [-0.3, -0.25) is 0 Å². The standard InChI is InChI=1S/C9H15Si.3ClH.Ti/c1-10(2,3)8-9-6-4-5-7-9;;;;/h4-7H,8H2,1-3H3;3*1H;/q;;;;+3/p-3. The zero-order valence-corrected chi connectivity index (χ0v) is 13.5. The van der Waals surface area contributed by atoms with E-state index in [4.69, 9.17) is 0 Å². The van der Waals surface area contributed by atoms with Gasteiger partial charge in [-0.2, -0.15) is 0 Å². The average molecular weight is 306 g/mol. The van der Waals surface area contributed by atoms with Crippen LogP contribution in [-0.2, 0) is 20.4 Å². The van der Waals surface area contributed by atoms with Gasteiger partial charge in [-0.15, -0.1) is 0 Å². The van der Waals surface area contributed by atoms with Crippen LogP contribution in [0.2, 0.25) is 29.4 Å². The Labute approximate surface area is 119 Å². The fourth-order valence-corrected chi connectivity index (χ4v) is 6.28. The molecule has 0 aromatic rings. The smallest absolute Gasteiger partial charge is 1.00 e. The quantitative estimate of drug-likeness (QED) is 0.446. The minimum atomic E-state index is -0.897. The molecular formula is C9H15Cl3SiTi. The molecule has 1 rings (SSSR count). The molecule has 0 saturated carbocycles. The molecule has 1 aliphatic carbocycles. The maximum absolute atomic E-state index is 2.43. The molecule has 0 fully saturated rings. The molecule has 1 aliphatic rings. The Hall–Kier alpha value is 1.28.